The topological polar surface area (TPSA) is 47.6 Å². The molecule has 0 aliphatic heterocycles. The predicted molar refractivity (Wildman–Crippen MR) is 119 cm³/mol. The van der Waals surface area contributed by atoms with Gasteiger partial charge in [-0.3, -0.25) is 4.79 Å². The second-order valence-corrected chi connectivity index (χ2v) is 7.19. The Labute approximate surface area is 179 Å². The van der Waals surface area contributed by atoms with E-state index in [-0.39, 0.29) is 11.9 Å². The number of hydrogen-bond donors (Lipinski definition) is 1. The summed E-state index contributed by atoms with van der Waals surface area (Å²) in [5.74, 6) is 1.02. The second kappa shape index (κ2) is 9.94. The van der Waals surface area contributed by atoms with Crippen LogP contribution in [-0.4, -0.2) is 20.1 Å². The van der Waals surface area contributed by atoms with Gasteiger partial charge < -0.3 is 14.8 Å². The molecule has 1 N–H and O–H groups in total. The molecule has 3 aromatic rings. The Bertz CT molecular complexity index is 948. The molecular formula is C24H22BrNO3. The molecular weight excluding hydrogens is 430 g/mol. The van der Waals surface area contributed by atoms with Gasteiger partial charge in [-0.1, -0.05) is 60.7 Å². The van der Waals surface area contributed by atoms with E-state index in [9.17, 15) is 4.79 Å². The van der Waals surface area contributed by atoms with E-state index in [0.29, 0.717) is 11.5 Å². The lowest BCUT2D eigenvalue weighted by Crippen LogP contribution is -2.27. The first-order chi connectivity index (χ1) is 14.1. The number of methoxy groups -OCH3 is 2. The monoisotopic (exact) mass is 451 g/mol. The van der Waals surface area contributed by atoms with Crippen molar-refractivity contribution in [1.29, 1.82) is 0 Å². The summed E-state index contributed by atoms with van der Waals surface area (Å²) >= 11 is 3.47. The van der Waals surface area contributed by atoms with Gasteiger partial charge >= 0.3 is 0 Å². The maximum absolute atomic E-state index is 12.7. The van der Waals surface area contributed by atoms with Crippen LogP contribution in [0.15, 0.2) is 83.3 Å². The van der Waals surface area contributed by atoms with Crippen LogP contribution in [0.1, 0.15) is 22.7 Å². The maximum Gasteiger partial charge on any atom is 0.244 e. The number of benzene rings is 3. The number of hydrogen-bond acceptors (Lipinski definition) is 3. The molecule has 0 spiro atoms. The zero-order chi connectivity index (χ0) is 20.6. The largest absolute Gasteiger partial charge is 0.493 e. The molecule has 0 radical (unpaired) electrons. The molecule has 4 nitrogen and oxygen atoms in total. The van der Waals surface area contributed by atoms with Crippen LogP contribution in [0.5, 0.6) is 11.5 Å². The van der Waals surface area contributed by atoms with Crippen LogP contribution in [0.25, 0.3) is 6.08 Å². The standard InChI is InChI=1S/C24H22BrNO3/c1-28-21-16-17(15-20(25)24(21)29-2)13-14-22(27)26-23(18-9-5-3-6-10-18)19-11-7-4-8-12-19/h3-16,23H,1-2H3,(H,26,27)/b14-13+. The first-order valence-corrected chi connectivity index (χ1v) is 9.91. The Morgan fingerprint density at radius 3 is 2.03 bits per heavy atom. The third-order valence-corrected chi connectivity index (χ3v) is 5.02. The van der Waals surface area contributed by atoms with Crippen molar-refractivity contribution in [1.82, 2.24) is 5.32 Å². The van der Waals surface area contributed by atoms with E-state index in [4.69, 9.17) is 9.47 Å². The van der Waals surface area contributed by atoms with Crippen molar-refractivity contribution in [3.63, 3.8) is 0 Å². The van der Waals surface area contributed by atoms with Crippen LogP contribution in [0, 0.1) is 0 Å². The summed E-state index contributed by atoms with van der Waals surface area (Å²) in [5, 5.41) is 3.09. The molecule has 0 bridgehead atoms. The fourth-order valence-electron chi connectivity index (χ4n) is 3.05. The first kappa shape index (κ1) is 20.7. The van der Waals surface area contributed by atoms with Crippen molar-refractivity contribution < 1.29 is 14.3 Å². The molecule has 0 atom stereocenters. The normalized spacial score (nSPS) is 10.9. The Kier molecular flexibility index (Phi) is 7.09. The Morgan fingerprint density at radius 1 is 0.931 bits per heavy atom. The highest BCUT2D eigenvalue weighted by Gasteiger charge is 2.15. The molecule has 0 saturated heterocycles. The third-order valence-electron chi connectivity index (χ3n) is 4.44. The van der Waals surface area contributed by atoms with Crippen LogP contribution < -0.4 is 14.8 Å². The highest BCUT2D eigenvalue weighted by molar-refractivity contribution is 9.10. The number of ether oxygens (including phenoxy) is 2. The summed E-state index contributed by atoms with van der Waals surface area (Å²) in [6, 6.07) is 23.3. The van der Waals surface area contributed by atoms with Gasteiger partial charge in [-0.05, 0) is 50.8 Å². The number of halogens is 1. The van der Waals surface area contributed by atoms with Gasteiger partial charge in [0.15, 0.2) is 11.5 Å². The van der Waals surface area contributed by atoms with Crippen LogP contribution in [0.3, 0.4) is 0 Å². The summed E-state index contributed by atoms with van der Waals surface area (Å²) < 4.78 is 11.4. The zero-order valence-corrected chi connectivity index (χ0v) is 17.8. The van der Waals surface area contributed by atoms with Gasteiger partial charge in [0.1, 0.15) is 0 Å². The highest BCUT2D eigenvalue weighted by atomic mass is 79.9. The van der Waals surface area contributed by atoms with Gasteiger partial charge in [-0.15, -0.1) is 0 Å². The lowest BCUT2D eigenvalue weighted by molar-refractivity contribution is -0.116. The minimum atomic E-state index is -0.230. The summed E-state index contributed by atoms with van der Waals surface area (Å²) in [7, 11) is 3.16. The molecule has 1 amide bonds. The molecule has 3 rings (SSSR count). The molecule has 0 heterocycles. The van der Waals surface area contributed by atoms with Crippen LogP contribution in [0.4, 0.5) is 0 Å². The van der Waals surface area contributed by atoms with E-state index in [1.54, 1.807) is 20.3 Å². The Morgan fingerprint density at radius 2 is 1.52 bits per heavy atom. The highest BCUT2D eigenvalue weighted by Crippen LogP contribution is 2.36. The fourth-order valence-corrected chi connectivity index (χ4v) is 3.67. The Hall–Kier alpha value is -3.05. The molecule has 5 heteroatoms. The summed E-state index contributed by atoms with van der Waals surface area (Å²) in [6.45, 7) is 0. The minimum absolute atomic E-state index is 0.186. The average Bonchev–Trinajstić information content (AvgIpc) is 2.76. The number of carbonyl (C=O) groups excluding carboxylic acids is 1. The first-order valence-electron chi connectivity index (χ1n) is 9.12. The van der Waals surface area contributed by atoms with Crippen molar-refractivity contribution in [2.24, 2.45) is 0 Å². The van der Waals surface area contributed by atoms with Gasteiger partial charge in [0.2, 0.25) is 5.91 Å². The third kappa shape index (κ3) is 5.27. The average molecular weight is 452 g/mol. The molecule has 0 saturated carbocycles. The molecule has 29 heavy (non-hydrogen) atoms. The van der Waals surface area contributed by atoms with Crippen molar-refractivity contribution >= 4 is 27.9 Å². The second-order valence-electron chi connectivity index (χ2n) is 6.33. The fraction of sp³-hybridized carbons (Fsp3) is 0.125. The zero-order valence-electron chi connectivity index (χ0n) is 16.3. The summed E-state index contributed by atoms with van der Waals surface area (Å²) in [5.41, 5.74) is 2.87. The predicted octanol–water partition coefficient (Wildman–Crippen LogP) is 5.39. The SMILES string of the molecule is COc1cc(/C=C/C(=O)NC(c2ccccc2)c2ccccc2)cc(Br)c1OC. The van der Waals surface area contributed by atoms with E-state index in [1.165, 1.54) is 6.08 Å². The van der Waals surface area contributed by atoms with Crippen LogP contribution in [0.2, 0.25) is 0 Å². The minimum Gasteiger partial charge on any atom is -0.493 e. The van der Waals surface area contributed by atoms with Crippen molar-refractivity contribution in [3.05, 3.63) is 100 Å². The van der Waals surface area contributed by atoms with Crippen LogP contribution in [-0.2, 0) is 4.79 Å². The Balaban J connectivity index is 1.81. The van der Waals surface area contributed by atoms with E-state index >= 15 is 0 Å². The van der Waals surface area contributed by atoms with Gasteiger partial charge in [0.25, 0.3) is 0 Å². The molecule has 0 aliphatic carbocycles. The number of nitrogens with one attached hydrogen (secondary N) is 1. The summed E-state index contributed by atoms with van der Waals surface area (Å²) in [6.07, 6.45) is 3.27. The van der Waals surface area contributed by atoms with Gasteiger partial charge in [0, 0.05) is 6.08 Å². The van der Waals surface area contributed by atoms with Crippen LogP contribution >= 0.6 is 15.9 Å². The molecule has 0 fully saturated rings. The number of carbonyl (C=O) groups is 1. The molecule has 148 valence electrons. The van der Waals surface area contributed by atoms with Gasteiger partial charge in [-0.25, -0.2) is 0 Å². The lowest BCUT2D eigenvalue weighted by Gasteiger charge is -2.19. The lowest BCUT2D eigenvalue weighted by atomic mass is 9.98. The van der Waals surface area contributed by atoms with E-state index < -0.39 is 0 Å². The van der Waals surface area contributed by atoms with Crippen molar-refractivity contribution in [2.75, 3.05) is 14.2 Å². The van der Waals surface area contributed by atoms with Crippen molar-refractivity contribution in [2.45, 2.75) is 6.04 Å². The van der Waals surface area contributed by atoms with E-state index in [0.717, 1.165) is 21.2 Å². The van der Waals surface area contributed by atoms with Gasteiger partial charge in [0.05, 0.1) is 24.7 Å². The van der Waals surface area contributed by atoms with Gasteiger partial charge in [-0.2, -0.15) is 0 Å². The molecule has 0 aromatic heterocycles. The summed E-state index contributed by atoms with van der Waals surface area (Å²) in [4.78, 5) is 12.7. The smallest absolute Gasteiger partial charge is 0.244 e. The molecule has 0 unspecified atom stereocenters. The molecule has 0 aliphatic rings. The van der Waals surface area contributed by atoms with E-state index in [1.807, 2.05) is 72.8 Å². The number of amides is 1. The quantitative estimate of drug-likeness (QED) is 0.490. The maximum atomic E-state index is 12.7. The molecule has 3 aromatic carbocycles. The van der Waals surface area contributed by atoms with E-state index in [2.05, 4.69) is 21.2 Å². The van der Waals surface area contributed by atoms with Crippen molar-refractivity contribution in [3.8, 4) is 11.5 Å². The number of rotatable bonds is 7.